The van der Waals surface area contributed by atoms with E-state index in [9.17, 15) is 4.79 Å². The number of ether oxygens (including phenoxy) is 2. The number of para-hydroxylation sites is 1. The van der Waals surface area contributed by atoms with Crippen LogP contribution in [0, 0.1) is 0 Å². The molecule has 1 N–H and O–H groups in total. The van der Waals surface area contributed by atoms with Gasteiger partial charge in [0.25, 0.3) is 0 Å². The SMILES string of the molecule is Cn1nnnc1/C(=N\OCc1cccc(NC(=O)OC(C)(C)C)n1)c1ccc(Oc2ccccc2Br)cc1. The fraction of sp³-hybridized carbons (Fsp3) is 0.231. The predicted molar refractivity (Wildman–Crippen MR) is 144 cm³/mol. The van der Waals surface area contributed by atoms with E-state index in [2.05, 4.69) is 46.9 Å². The number of tetrazole rings is 1. The lowest BCUT2D eigenvalue weighted by Gasteiger charge is -2.19. The van der Waals surface area contributed by atoms with Crippen LogP contribution in [-0.4, -0.2) is 42.6 Å². The van der Waals surface area contributed by atoms with Crippen LogP contribution in [0.2, 0.25) is 0 Å². The van der Waals surface area contributed by atoms with Crippen molar-refractivity contribution in [3.8, 4) is 11.5 Å². The molecule has 2 heterocycles. The number of anilines is 1. The van der Waals surface area contributed by atoms with E-state index in [4.69, 9.17) is 14.3 Å². The molecule has 0 radical (unpaired) electrons. The van der Waals surface area contributed by atoms with Gasteiger partial charge in [-0.1, -0.05) is 23.4 Å². The Kier molecular flexibility index (Phi) is 8.31. The van der Waals surface area contributed by atoms with Crippen molar-refractivity contribution in [2.24, 2.45) is 12.2 Å². The number of rotatable bonds is 8. The summed E-state index contributed by atoms with van der Waals surface area (Å²) >= 11 is 3.48. The van der Waals surface area contributed by atoms with Crippen molar-refractivity contribution in [1.82, 2.24) is 25.2 Å². The second kappa shape index (κ2) is 11.8. The maximum Gasteiger partial charge on any atom is 0.413 e. The van der Waals surface area contributed by atoms with Gasteiger partial charge in [-0.05, 0) is 95.7 Å². The number of hydrogen-bond acceptors (Lipinski definition) is 9. The molecule has 0 aliphatic heterocycles. The summed E-state index contributed by atoms with van der Waals surface area (Å²) in [6, 6.07) is 20.1. The minimum absolute atomic E-state index is 0.0435. The number of nitrogens with one attached hydrogen (secondary N) is 1. The summed E-state index contributed by atoms with van der Waals surface area (Å²) in [4.78, 5) is 22.1. The lowest BCUT2D eigenvalue weighted by Crippen LogP contribution is -2.27. The van der Waals surface area contributed by atoms with Gasteiger partial charge in [0.1, 0.15) is 22.9 Å². The van der Waals surface area contributed by atoms with Gasteiger partial charge in [0.15, 0.2) is 12.3 Å². The number of hydrogen-bond donors (Lipinski definition) is 1. The van der Waals surface area contributed by atoms with Crippen molar-refractivity contribution in [2.75, 3.05) is 5.32 Å². The number of aromatic nitrogens is 5. The zero-order valence-corrected chi connectivity index (χ0v) is 22.8. The highest BCUT2D eigenvalue weighted by molar-refractivity contribution is 9.10. The topological polar surface area (TPSA) is 126 Å². The molecule has 1 amide bonds. The molecule has 38 heavy (non-hydrogen) atoms. The molecule has 2 aromatic heterocycles. The lowest BCUT2D eigenvalue weighted by atomic mass is 10.1. The van der Waals surface area contributed by atoms with Crippen LogP contribution in [-0.2, 0) is 23.2 Å². The highest BCUT2D eigenvalue weighted by atomic mass is 79.9. The first kappa shape index (κ1) is 26.7. The van der Waals surface area contributed by atoms with Crippen LogP contribution in [0.4, 0.5) is 10.6 Å². The molecule has 12 heteroatoms. The van der Waals surface area contributed by atoms with E-state index in [1.165, 1.54) is 4.68 Å². The maximum atomic E-state index is 12.0. The van der Waals surface area contributed by atoms with Crippen LogP contribution in [0.3, 0.4) is 0 Å². The van der Waals surface area contributed by atoms with Gasteiger partial charge in [-0.3, -0.25) is 5.32 Å². The van der Waals surface area contributed by atoms with Gasteiger partial charge >= 0.3 is 6.09 Å². The number of nitrogens with zero attached hydrogens (tertiary/aromatic N) is 6. The predicted octanol–water partition coefficient (Wildman–Crippen LogP) is 5.48. The van der Waals surface area contributed by atoms with Crippen molar-refractivity contribution in [3.05, 3.63) is 88.3 Å². The standard InChI is InChI=1S/C26H26BrN7O4/c1-26(2,3)38-25(35)29-22-11-7-8-18(28-22)16-36-31-23(24-30-32-33-34(24)4)17-12-14-19(15-13-17)37-21-10-6-5-9-20(21)27/h5-15H,16H2,1-4H3,(H,28,29,35)/b31-23-. The first-order chi connectivity index (χ1) is 18.2. The first-order valence-corrected chi connectivity index (χ1v) is 12.4. The normalized spacial score (nSPS) is 11.7. The van der Waals surface area contributed by atoms with Gasteiger partial charge in [0.05, 0.1) is 10.2 Å². The summed E-state index contributed by atoms with van der Waals surface area (Å²) in [6.07, 6.45) is -0.592. The fourth-order valence-corrected chi connectivity index (χ4v) is 3.55. The molecule has 0 saturated heterocycles. The Labute approximate surface area is 227 Å². The second-order valence-electron chi connectivity index (χ2n) is 9.04. The van der Waals surface area contributed by atoms with E-state index in [1.54, 1.807) is 46.0 Å². The van der Waals surface area contributed by atoms with Crippen molar-refractivity contribution >= 4 is 33.6 Å². The Hall–Kier alpha value is -4.32. The van der Waals surface area contributed by atoms with Gasteiger partial charge in [0, 0.05) is 12.6 Å². The van der Waals surface area contributed by atoms with E-state index < -0.39 is 11.7 Å². The van der Waals surface area contributed by atoms with E-state index in [0.717, 1.165) is 10.0 Å². The van der Waals surface area contributed by atoms with E-state index >= 15 is 0 Å². The number of halogens is 1. The highest BCUT2D eigenvalue weighted by Crippen LogP contribution is 2.29. The molecule has 11 nitrogen and oxygen atoms in total. The number of aryl methyl sites for hydroxylation is 1. The Bertz CT molecular complexity index is 1430. The highest BCUT2D eigenvalue weighted by Gasteiger charge is 2.17. The maximum absolute atomic E-state index is 12.0. The van der Waals surface area contributed by atoms with Crippen molar-refractivity contribution in [3.63, 3.8) is 0 Å². The lowest BCUT2D eigenvalue weighted by molar-refractivity contribution is 0.0635. The van der Waals surface area contributed by atoms with Crippen LogP contribution < -0.4 is 10.1 Å². The van der Waals surface area contributed by atoms with Crippen LogP contribution in [0.15, 0.2) is 76.4 Å². The van der Waals surface area contributed by atoms with E-state index in [1.807, 2.05) is 48.5 Å². The largest absolute Gasteiger partial charge is 0.456 e. The van der Waals surface area contributed by atoms with E-state index in [0.29, 0.717) is 34.5 Å². The molecule has 196 valence electrons. The summed E-state index contributed by atoms with van der Waals surface area (Å²) in [5.41, 5.74) is 1.08. The zero-order valence-electron chi connectivity index (χ0n) is 21.3. The molecule has 4 rings (SSSR count). The monoisotopic (exact) mass is 579 g/mol. The summed E-state index contributed by atoms with van der Waals surface area (Å²) in [7, 11) is 1.71. The third kappa shape index (κ3) is 7.35. The third-order valence-electron chi connectivity index (χ3n) is 4.83. The molecule has 0 bridgehead atoms. The number of carbonyl (C=O) groups excluding carboxylic acids is 1. The average Bonchev–Trinajstić information content (AvgIpc) is 3.28. The van der Waals surface area contributed by atoms with E-state index in [-0.39, 0.29) is 6.61 Å². The van der Waals surface area contributed by atoms with Crippen LogP contribution >= 0.6 is 15.9 Å². The average molecular weight is 580 g/mol. The minimum atomic E-state index is -0.618. The molecule has 0 aliphatic rings. The van der Waals surface area contributed by atoms with Crippen LogP contribution in [0.5, 0.6) is 11.5 Å². The Morgan fingerprint density at radius 2 is 1.82 bits per heavy atom. The molecule has 0 spiro atoms. The van der Waals surface area contributed by atoms with Crippen molar-refractivity contribution in [2.45, 2.75) is 33.0 Å². The minimum Gasteiger partial charge on any atom is -0.456 e. The molecule has 0 atom stereocenters. The molecule has 2 aromatic carbocycles. The van der Waals surface area contributed by atoms with Crippen LogP contribution in [0.1, 0.15) is 37.9 Å². The molecule has 4 aromatic rings. The summed E-state index contributed by atoms with van der Waals surface area (Å²) in [5.74, 6) is 2.10. The Morgan fingerprint density at radius 1 is 1.05 bits per heavy atom. The molecule has 0 fully saturated rings. The van der Waals surface area contributed by atoms with Gasteiger partial charge in [-0.25, -0.2) is 14.5 Å². The fourth-order valence-electron chi connectivity index (χ4n) is 3.19. The van der Waals surface area contributed by atoms with Gasteiger partial charge in [0.2, 0.25) is 5.82 Å². The smallest absolute Gasteiger partial charge is 0.413 e. The van der Waals surface area contributed by atoms with Gasteiger partial charge in [-0.15, -0.1) is 5.10 Å². The van der Waals surface area contributed by atoms with Crippen LogP contribution in [0.25, 0.3) is 0 Å². The number of pyridine rings is 1. The Balaban J connectivity index is 1.48. The summed E-state index contributed by atoms with van der Waals surface area (Å²) in [6.45, 7) is 5.40. The number of oxime groups is 1. The number of amides is 1. The quantitative estimate of drug-likeness (QED) is 0.215. The van der Waals surface area contributed by atoms with Crippen molar-refractivity contribution in [1.29, 1.82) is 0 Å². The third-order valence-corrected chi connectivity index (χ3v) is 5.48. The summed E-state index contributed by atoms with van der Waals surface area (Å²) < 4.78 is 13.6. The summed E-state index contributed by atoms with van der Waals surface area (Å²) in [5, 5.41) is 18.6. The first-order valence-electron chi connectivity index (χ1n) is 11.6. The van der Waals surface area contributed by atoms with Gasteiger partial charge < -0.3 is 14.3 Å². The molecule has 0 saturated carbocycles. The van der Waals surface area contributed by atoms with Crippen molar-refractivity contribution < 1.29 is 19.1 Å². The van der Waals surface area contributed by atoms with Gasteiger partial charge in [-0.2, -0.15) is 0 Å². The number of carbonyl (C=O) groups is 1. The number of benzene rings is 2. The Morgan fingerprint density at radius 3 is 2.50 bits per heavy atom. The second-order valence-corrected chi connectivity index (χ2v) is 9.89. The molecule has 0 aliphatic carbocycles. The molecule has 0 unspecified atom stereocenters. The zero-order chi connectivity index (χ0) is 27.1. The molecular weight excluding hydrogens is 554 g/mol. The molecular formula is C26H26BrN7O4.